The van der Waals surface area contributed by atoms with Gasteiger partial charge < -0.3 is 10.5 Å². The molecule has 0 aliphatic carbocycles. The summed E-state index contributed by atoms with van der Waals surface area (Å²) in [7, 11) is 0. The second kappa shape index (κ2) is 8.36. The Bertz CT molecular complexity index is 735. The summed E-state index contributed by atoms with van der Waals surface area (Å²) in [4.78, 5) is 0. The van der Waals surface area contributed by atoms with Crippen molar-refractivity contribution < 1.29 is 9.84 Å². The summed E-state index contributed by atoms with van der Waals surface area (Å²) < 4.78 is 5.69. The second-order valence-electron chi connectivity index (χ2n) is 4.46. The minimum atomic E-state index is 0.163. The van der Waals surface area contributed by atoms with Crippen molar-refractivity contribution in [2.75, 3.05) is 0 Å². The van der Waals surface area contributed by atoms with Crippen LogP contribution in [0, 0.1) is 0 Å². The number of thiocarbonyl (C=S) groups is 1. The van der Waals surface area contributed by atoms with Gasteiger partial charge >= 0.3 is 0 Å². The minimum Gasteiger partial charge on any atom is -0.489 e. The first-order valence-corrected chi connectivity index (χ1v) is 8.01. The van der Waals surface area contributed by atoms with Crippen molar-refractivity contribution in [3.05, 3.63) is 62.6 Å². The van der Waals surface area contributed by atoms with Gasteiger partial charge in [-0.1, -0.05) is 34.8 Å². The number of hydrazine groups is 1. The molecule has 2 aromatic carbocycles. The molecular formula is C15H13Cl3N3OS+. The minimum absolute atomic E-state index is 0.163. The molecule has 2 aromatic rings. The smallest absolute Gasteiger partial charge is 0.221 e. The summed E-state index contributed by atoms with van der Waals surface area (Å²) in [5.41, 5.74) is 9.47. The summed E-state index contributed by atoms with van der Waals surface area (Å²) in [5.74, 6) is 0.677. The van der Waals surface area contributed by atoms with Crippen molar-refractivity contribution in [2.45, 2.75) is 6.61 Å². The first-order valence-electron chi connectivity index (χ1n) is 6.47. The van der Waals surface area contributed by atoms with Gasteiger partial charge in [-0.3, -0.25) is 0 Å². The highest BCUT2D eigenvalue weighted by atomic mass is 35.5. The lowest BCUT2D eigenvalue weighted by molar-refractivity contribution is -0.499. The lowest BCUT2D eigenvalue weighted by atomic mass is 10.2. The van der Waals surface area contributed by atoms with Gasteiger partial charge in [0, 0.05) is 16.1 Å². The fraction of sp³-hybridized carbons (Fsp3) is 0.0667. The molecule has 0 aliphatic heterocycles. The number of halogens is 3. The Morgan fingerprint density at radius 3 is 2.43 bits per heavy atom. The van der Waals surface area contributed by atoms with E-state index >= 15 is 0 Å². The topological polar surface area (TPSA) is 61.2 Å². The van der Waals surface area contributed by atoms with E-state index in [4.69, 9.17) is 45.3 Å². The number of nitrogens with two attached hydrogens (primary N) is 1. The average Bonchev–Trinajstić information content (AvgIpc) is 2.52. The third-order valence-corrected chi connectivity index (χ3v) is 4.14. The Morgan fingerprint density at radius 2 is 1.78 bits per heavy atom. The van der Waals surface area contributed by atoms with Crippen LogP contribution in [0.3, 0.4) is 0 Å². The highest BCUT2D eigenvalue weighted by Crippen LogP contribution is 2.32. The molecule has 0 aliphatic rings. The van der Waals surface area contributed by atoms with Crippen LogP contribution in [0.5, 0.6) is 5.75 Å². The zero-order chi connectivity index (χ0) is 16.8. The Balaban J connectivity index is 2.01. The van der Waals surface area contributed by atoms with Crippen LogP contribution in [0.25, 0.3) is 0 Å². The van der Waals surface area contributed by atoms with Gasteiger partial charge in [0.2, 0.25) is 5.11 Å². The summed E-state index contributed by atoms with van der Waals surface area (Å²) in [6.45, 7) is 0.225. The average molecular weight is 390 g/mol. The zero-order valence-corrected chi connectivity index (χ0v) is 14.9. The van der Waals surface area contributed by atoms with E-state index in [-0.39, 0.29) is 11.7 Å². The quantitative estimate of drug-likeness (QED) is 0.318. The SMILES string of the molecule is NC(=S)N[NH+]=Cc1ccc(OCc2c(Cl)ccc(Cl)c2Cl)cc1. The largest absolute Gasteiger partial charge is 0.489 e. The second-order valence-corrected chi connectivity index (χ2v) is 6.09. The number of hydrogen-bond donors (Lipinski definition) is 3. The van der Waals surface area contributed by atoms with Crippen molar-refractivity contribution in [2.24, 2.45) is 5.73 Å². The third kappa shape index (κ3) is 5.25. The predicted octanol–water partition coefficient (Wildman–Crippen LogP) is 2.47. The molecular weight excluding hydrogens is 377 g/mol. The summed E-state index contributed by atoms with van der Waals surface area (Å²) in [6.07, 6.45) is 1.72. The van der Waals surface area contributed by atoms with Crippen LogP contribution in [0.2, 0.25) is 15.1 Å². The van der Waals surface area contributed by atoms with Crippen LogP contribution in [0.1, 0.15) is 11.1 Å². The Hall–Kier alpha value is -1.53. The van der Waals surface area contributed by atoms with Gasteiger partial charge in [0.15, 0.2) is 6.21 Å². The van der Waals surface area contributed by atoms with E-state index in [1.807, 2.05) is 24.3 Å². The number of benzene rings is 2. The molecule has 23 heavy (non-hydrogen) atoms. The van der Waals surface area contributed by atoms with Crippen LogP contribution in [-0.4, -0.2) is 11.3 Å². The van der Waals surface area contributed by atoms with Crippen LogP contribution in [0.15, 0.2) is 36.4 Å². The molecule has 0 unspecified atom stereocenters. The number of hydrazone groups is 1. The van der Waals surface area contributed by atoms with Gasteiger partial charge in [0.1, 0.15) is 12.4 Å². The fourth-order valence-electron chi connectivity index (χ4n) is 1.71. The maximum Gasteiger partial charge on any atom is 0.221 e. The number of hydrogen-bond acceptors (Lipinski definition) is 2. The molecule has 0 fully saturated rings. The fourth-order valence-corrected chi connectivity index (χ4v) is 2.42. The van der Waals surface area contributed by atoms with E-state index in [9.17, 15) is 0 Å². The first kappa shape index (κ1) is 17.8. The molecule has 0 amide bonds. The summed E-state index contributed by atoms with van der Waals surface area (Å²) >= 11 is 22.9. The number of rotatable bonds is 5. The van der Waals surface area contributed by atoms with E-state index in [1.165, 1.54) is 0 Å². The zero-order valence-electron chi connectivity index (χ0n) is 11.8. The van der Waals surface area contributed by atoms with Crippen molar-refractivity contribution in [1.82, 2.24) is 5.43 Å². The van der Waals surface area contributed by atoms with Gasteiger partial charge in [-0.25, -0.2) is 0 Å². The van der Waals surface area contributed by atoms with E-state index in [0.717, 1.165) is 5.56 Å². The van der Waals surface area contributed by atoms with Crippen LogP contribution in [-0.2, 0) is 6.61 Å². The number of ether oxygens (including phenoxy) is 1. The molecule has 2 rings (SSSR count). The van der Waals surface area contributed by atoms with Crippen molar-refractivity contribution >= 4 is 58.3 Å². The standard InChI is InChI=1S/C15H12Cl3N3OS/c16-12-5-6-13(17)14(18)11(12)8-22-10-3-1-9(2-4-10)7-20-21-15(19)23/h1-7H,8H2,(H3,19,21,23)/p+1. The lowest BCUT2D eigenvalue weighted by Crippen LogP contribution is -2.82. The van der Waals surface area contributed by atoms with Gasteiger partial charge in [0.05, 0.1) is 10.0 Å². The van der Waals surface area contributed by atoms with E-state index in [1.54, 1.807) is 18.3 Å². The van der Waals surface area contributed by atoms with Gasteiger partial charge in [-0.2, -0.15) is 0 Å². The van der Waals surface area contributed by atoms with Crippen LogP contribution in [0.4, 0.5) is 0 Å². The lowest BCUT2D eigenvalue weighted by Gasteiger charge is -2.10. The molecule has 4 nitrogen and oxygen atoms in total. The van der Waals surface area contributed by atoms with Gasteiger partial charge in [0.25, 0.3) is 0 Å². The Kier molecular flexibility index (Phi) is 6.47. The molecule has 0 heterocycles. The molecule has 4 N–H and O–H groups in total. The molecule has 120 valence electrons. The highest BCUT2D eigenvalue weighted by Gasteiger charge is 2.10. The number of nitrogens with one attached hydrogen (secondary N) is 2. The van der Waals surface area contributed by atoms with Crippen LogP contribution >= 0.6 is 47.0 Å². The molecule has 0 spiro atoms. The monoisotopic (exact) mass is 388 g/mol. The van der Waals surface area contributed by atoms with Gasteiger partial charge in [-0.05, 0) is 48.6 Å². The molecule has 0 radical (unpaired) electrons. The van der Waals surface area contributed by atoms with E-state index in [2.05, 4.69) is 22.7 Å². The molecule has 0 atom stereocenters. The predicted molar refractivity (Wildman–Crippen MR) is 98.3 cm³/mol. The molecule has 0 saturated heterocycles. The van der Waals surface area contributed by atoms with Crippen molar-refractivity contribution in [1.29, 1.82) is 0 Å². The molecule has 0 bridgehead atoms. The normalized spacial score (nSPS) is 10.7. The van der Waals surface area contributed by atoms with Crippen molar-refractivity contribution in [3.8, 4) is 5.75 Å². The maximum absolute atomic E-state index is 6.14. The van der Waals surface area contributed by atoms with E-state index in [0.29, 0.717) is 26.4 Å². The maximum atomic E-state index is 6.14. The highest BCUT2D eigenvalue weighted by molar-refractivity contribution is 7.80. The molecule has 0 aromatic heterocycles. The summed E-state index contributed by atoms with van der Waals surface area (Å²) in [6, 6.07) is 10.7. The van der Waals surface area contributed by atoms with E-state index < -0.39 is 0 Å². The Labute approximate surface area is 154 Å². The third-order valence-electron chi connectivity index (χ3n) is 2.84. The van der Waals surface area contributed by atoms with Gasteiger partial charge in [-0.15, -0.1) is 10.5 Å². The Morgan fingerprint density at radius 1 is 1.13 bits per heavy atom. The molecule has 0 saturated carbocycles. The summed E-state index contributed by atoms with van der Waals surface area (Å²) in [5, 5.41) is 4.28. The van der Waals surface area contributed by atoms with Crippen LogP contribution < -0.4 is 21.0 Å². The van der Waals surface area contributed by atoms with Crippen molar-refractivity contribution in [3.63, 3.8) is 0 Å². The molecule has 8 heteroatoms. The first-order chi connectivity index (χ1) is 11.0.